The highest BCUT2D eigenvalue weighted by Crippen LogP contribution is 2.43. The van der Waals surface area contributed by atoms with Crippen LogP contribution < -0.4 is 4.74 Å². The highest BCUT2D eigenvalue weighted by atomic mass is 16.5. The molecule has 0 spiro atoms. The van der Waals surface area contributed by atoms with Crippen LogP contribution in [0.25, 0.3) is 6.08 Å². The average Bonchev–Trinajstić information content (AvgIpc) is 2.80. The molecule has 1 aliphatic heterocycles. The van der Waals surface area contributed by atoms with Crippen LogP contribution in [0.2, 0.25) is 0 Å². The summed E-state index contributed by atoms with van der Waals surface area (Å²) in [6.07, 6.45) is 3.44. The number of hydrogen-bond acceptors (Lipinski definition) is 4. The van der Waals surface area contributed by atoms with Crippen LogP contribution in [0.5, 0.6) is 5.75 Å². The minimum Gasteiger partial charge on any atom is -0.484 e. The van der Waals surface area contributed by atoms with Crippen molar-refractivity contribution in [3.63, 3.8) is 0 Å². The van der Waals surface area contributed by atoms with Crippen LogP contribution in [-0.2, 0) is 11.2 Å². The molecular weight excluding hydrogens is 308 g/mol. The molecule has 2 atom stereocenters. The van der Waals surface area contributed by atoms with Gasteiger partial charge in [-0.2, -0.15) is 0 Å². The van der Waals surface area contributed by atoms with Gasteiger partial charge in [0.1, 0.15) is 11.9 Å². The van der Waals surface area contributed by atoms with E-state index >= 15 is 0 Å². The lowest BCUT2D eigenvalue weighted by Gasteiger charge is -2.27. The molecule has 0 saturated carbocycles. The summed E-state index contributed by atoms with van der Waals surface area (Å²) in [4.78, 5) is 10.8. The summed E-state index contributed by atoms with van der Waals surface area (Å²) < 4.78 is 5.86. The molecule has 0 amide bonds. The number of aliphatic hydroxyl groups is 2. The third-order valence-electron chi connectivity index (χ3n) is 3.91. The van der Waals surface area contributed by atoms with E-state index in [1.165, 1.54) is 6.08 Å². The molecule has 1 aromatic carbocycles. The van der Waals surface area contributed by atoms with E-state index in [2.05, 4.69) is 0 Å². The maximum atomic E-state index is 10.8. The monoisotopic (exact) mass is 332 g/mol. The number of aliphatic carboxylic acids is 1. The quantitative estimate of drug-likeness (QED) is 0.570. The van der Waals surface area contributed by atoms with Crippen molar-refractivity contribution in [1.29, 1.82) is 0 Å². The van der Waals surface area contributed by atoms with E-state index in [4.69, 9.17) is 9.84 Å². The summed E-state index contributed by atoms with van der Waals surface area (Å²) >= 11 is 0. The van der Waals surface area contributed by atoms with Crippen molar-refractivity contribution in [2.75, 3.05) is 0 Å². The number of hydrogen-bond donors (Lipinski definition) is 3. The van der Waals surface area contributed by atoms with E-state index < -0.39 is 23.8 Å². The summed E-state index contributed by atoms with van der Waals surface area (Å²) in [5, 5.41) is 29.6. The van der Waals surface area contributed by atoms with Crippen molar-refractivity contribution in [3.05, 3.63) is 46.5 Å². The van der Waals surface area contributed by atoms with E-state index in [1.807, 2.05) is 26.0 Å². The maximum Gasteiger partial charge on any atom is 0.328 e. The highest BCUT2D eigenvalue weighted by Gasteiger charge is 2.43. The van der Waals surface area contributed by atoms with Gasteiger partial charge >= 0.3 is 5.97 Å². The molecule has 5 heteroatoms. The molecule has 24 heavy (non-hydrogen) atoms. The van der Waals surface area contributed by atoms with E-state index in [0.29, 0.717) is 23.3 Å². The Labute approximate surface area is 141 Å². The Morgan fingerprint density at radius 3 is 2.54 bits per heavy atom. The zero-order chi connectivity index (χ0) is 18.1. The Bertz CT molecular complexity index is 690. The predicted octanol–water partition coefficient (Wildman–Crippen LogP) is 2.86. The molecule has 2 rings (SSSR count). The van der Waals surface area contributed by atoms with Gasteiger partial charge < -0.3 is 20.1 Å². The number of ether oxygens (including phenoxy) is 1. The average molecular weight is 332 g/mol. The largest absolute Gasteiger partial charge is 0.484 e. The second-order valence-corrected chi connectivity index (χ2v) is 6.89. The van der Waals surface area contributed by atoms with Crippen LogP contribution in [0, 0.1) is 0 Å². The molecule has 0 fully saturated rings. The van der Waals surface area contributed by atoms with Crippen molar-refractivity contribution < 1.29 is 24.9 Å². The fourth-order valence-corrected chi connectivity index (χ4v) is 2.72. The highest BCUT2D eigenvalue weighted by molar-refractivity contribution is 5.85. The molecule has 3 N–H and O–H groups in total. The standard InChI is InChI=1S/C19H24O5/c1-11(2)5-7-13-9-12(6-8-15(20)21)10-14-16(22)18(19(3,4)23)24-17(13)14/h5-6,8-10,16,18,22-23H,7H2,1-4H3,(H,20,21)/b8-6+. The molecule has 0 radical (unpaired) electrons. The molecule has 0 bridgehead atoms. The van der Waals surface area contributed by atoms with Crippen LogP contribution in [-0.4, -0.2) is 33.0 Å². The first-order chi connectivity index (χ1) is 11.1. The molecule has 2 unspecified atom stereocenters. The molecule has 1 aliphatic rings. The Hall–Kier alpha value is -2.11. The van der Waals surface area contributed by atoms with Gasteiger partial charge in [0, 0.05) is 11.6 Å². The molecule has 0 aliphatic carbocycles. The van der Waals surface area contributed by atoms with Gasteiger partial charge in [0.15, 0.2) is 6.10 Å². The van der Waals surface area contributed by atoms with Crippen molar-refractivity contribution >= 4 is 12.0 Å². The number of rotatable bonds is 5. The van der Waals surface area contributed by atoms with Gasteiger partial charge in [-0.05, 0) is 63.5 Å². The van der Waals surface area contributed by atoms with Crippen molar-refractivity contribution in [1.82, 2.24) is 0 Å². The van der Waals surface area contributed by atoms with Gasteiger partial charge in [0.05, 0.1) is 5.60 Å². The van der Waals surface area contributed by atoms with Gasteiger partial charge in [-0.1, -0.05) is 11.6 Å². The van der Waals surface area contributed by atoms with Crippen LogP contribution in [0.1, 0.15) is 50.5 Å². The first-order valence-electron chi connectivity index (χ1n) is 7.88. The smallest absolute Gasteiger partial charge is 0.328 e. The topological polar surface area (TPSA) is 87.0 Å². The summed E-state index contributed by atoms with van der Waals surface area (Å²) in [5.41, 5.74) is 2.04. The second-order valence-electron chi connectivity index (χ2n) is 6.89. The van der Waals surface area contributed by atoms with Crippen molar-refractivity contribution in [3.8, 4) is 5.75 Å². The third-order valence-corrected chi connectivity index (χ3v) is 3.91. The fourth-order valence-electron chi connectivity index (χ4n) is 2.72. The minimum absolute atomic E-state index is 0.569. The Balaban J connectivity index is 2.50. The number of carboxylic acid groups (broad SMARTS) is 1. The number of fused-ring (bicyclic) bond motifs is 1. The predicted molar refractivity (Wildman–Crippen MR) is 91.9 cm³/mol. The molecule has 130 valence electrons. The van der Waals surface area contributed by atoms with Gasteiger partial charge in [-0.25, -0.2) is 4.79 Å². The summed E-state index contributed by atoms with van der Waals surface area (Å²) in [7, 11) is 0. The Morgan fingerprint density at radius 2 is 2.00 bits per heavy atom. The van der Waals surface area contributed by atoms with Crippen LogP contribution >= 0.6 is 0 Å². The third kappa shape index (κ3) is 4.04. The summed E-state index contributed by atoms with van der Waals surface area (Å²) in [5.74, 6) is -0.466. The van der Waals surface area contributed by atoms with Gasteiger partial charge in [0.25, 0.3) is 0 Å². The SMILES string of the molecule is CC(C)=CCc1cc(/C=C/C(=O)O)cc2c1OC(C(C)(C)O)C2O. The lowest BCUT2D eigenvalue weighted by atomic mass is 9.92. The van der Waals surface area contributed by atoms with Crippen molar-refractivity contribution in [2.24, 2.45) is 0 Å². The van der Waals surface area contributed by atoms with E-state index in [0.717, 1.165) is 17.2 Å². The molecule has 5 nitrogen and oxygen atoms in total. The van der Waals surface area contributed by atoms with Gasteiger partial charge in [0.2, 0.25) is 0 Å². The summed E-state index contributed by atoms with van der Waals surface area (Å²) in [6.45, 7) is 7.16. The molecular formula is C19H24O5. The number of aliphatic hydroxyl groups excluding tert-OH is 1. The number of benzene rings is 1. The normalized spacial score (nSPS) is 19.9. The van der Waals surface area contributed by atoms with Crippen LogP contribution in [0.15, 0.2) is 29.9 Å². The second kappa shape index (κ2) is 6.79. The van der Waals surface area contributed by atoms with E-state index in [-0.39, 0.29) is 0 Å². The zero-order valence-corrected chi connectivity index (χ0v) is 14.4. The van der Waals surface area contributed by atoms with Gasteiger partial charge in [-0.3, -0.25) is 0 Å². The summed E-state index contributed by atoms with van der Waals surface area (Å²) in [6, 6.07) is 3.55. The molecule has 1 heterocycles. The first kappa shape index (κ1) is 18.2. The molecule has 0 saturated heterocycles. The number of carboxylic acids is 1. The lowest BCUT2D eigenvalue weighted by Crippen LogP contribution is -2.41. The van der Waals surface area contributed by atoms with Gasteiger partial charge in [-0.15, -0.1) is 0 Å². The maximum absolute atomic E-state index is 10.8. The van der Waals surface area contributed by atoms with Crippen LogP contribution in [0.3, 0.4) is 0 Å². The molecule has 1 aromatic rings. The zero-order valence-electron chi connectivity index (χ0n) is 14.4. The van der Waals surface area contributed by atoms with E-state index in [1.54, 1.807) is 19.9 Å². The van der Waals surface area contributed by atoms with Crippen molar-refractivity contribution in [2.45, 2.75) is 51.9 Å². The number of carbonyl (C=O) groups is 1. The number of allylic oxidation sites excluding steroid dienone is 2. The van der Waals surface area contributed by atoms with E-state index in [9.17, 15) is 15.0 Å². The minimum atomic E-state index is -1.21. The first-order valence-corrected chi connectivity index (χ1v) is 7.88. The Morgan fingerprint density at radius 1 is 1.33 bits per heavy atom. The van der Waals surface area contributed by atoms with Crippen LogP contribution in [0.4, 0.5) is 0 Å². The Kier molecular flexibility index (Phi) is 5.16. The fraction of sp³-hybridized carbons (Fsp3) is 0.421. The lowest BCUT2D eigenvalue weighted by molar-refractivity contribution is -0.131. The molecule has 0 aromatic heterocycles.